The van der Waals surface area contributed by atoms with Crippen LogP contribution < -0.4 is 5.32 Å². The fourth-order valence-corrected chi connectivity index (χ4v) is 4.14. The zero-order chi connectivity index (χ0) is 13.9. The molecule has 108 valence electrons. The van der Waals surface area contributed by atoms with Crippen LogP contribution in [-0.4, -0.2) is 25.3 Å². The molecule has 0 aromatic carbocycles. The first-order valence-electron chi connectivity index (χ1n) is 6.94. The molecule has 2 rings (SSSR count). The molecule has 0 bridgehead atoms. The SMILES string of the molecule is CC(C)(C)NCC1(Cc2cc(Br)cs2)CCCOC1. The van der Waals surface area contributed by atoms with Crippen LogP contribution in [0.5, 0.6) is 0 Å². The molecule has 1 saturated heterocycles. The average Bonchev–Trinajstić information content (AvgIpc) is 2.73. The summed E-state index contributed by atoms with van der Waals surface area (Å²) >= 11 is 5.39. The van der Waals surface area contributed by atoms with E-state index in [1.165, 1.54) is 22.2 Å². The Bertz CT molecular complexity index is 405. The smallest absolute Gasteiger partial charge is 0.0538 e. The van der Waals surface area contributed by atoms with Gasteiger partial charge in [-0.3, -0.25) is 0 Å². The van der Waals surface area contributed by atoms with E-state index in [1.54, 1.807) is 0 Å². The average molecular weight is 346 g/mol. The van der Waals surface area contributed by atoms with Gasteiger partial charge in [0.05, 0.1) is 6.61 Å². The van der Waals surface area contributed by atoms with Crippen molar-refractivity contribution in [1.82, 2.24) is 5.32 Å². The quantitative estimate of drug-likeness (QED) is 0.881. The van der Waals surface area contributed by atoms with Crippen molar-refractivity contribution in [2.24, 2.45) is 5.41 Å². The van der Waals surface area contributed by atoms with Gasteiger partial charge < -0.3 is 10.1 Å². The highest BCUT2D eigenvalue weighted by molar-refractivity contribution is 9.10. The number of thiophene rings is 1. The van der Waals surface area contributed by atoms with E-state index >= 15 is 0 Å². The van der Waals surface area contributed by atoms with E-state index in [0.29, 0.717) is 0 Å². The van der Waals surface area contributed by atoms with Crippen LogP contribution in [0.4, 0.5) is 0 Å². The molecule has 1 aliphatic heterocycles. The van der Waals surface area contributed by atoms with Gasteiger partial charge in [0.25, 0.3) is 0 Å². The van der Waals surface area contributed by atoms with E-state index in [0.717, 1.165) is 26.2 Å². The number of hydrogen-bond donors (Lipinski definition) is 1. The maximum atomic E-state index is 5.78. The summed E-state index contributed by atoms with van der Waals surface area (Å²) in [5.74, 6) is 0. The minimum absolute atomic E-state index is 0.167. The third kappa shape index (κ3) is 4.85. The van der Waals surface area contributed by atoms with E-state index in [4.69, 9.17) is 4.74 Å². The second kappa shape index (κ2) is 6.25. The van der Waals surface area contributed by atoms with E-state index in [1.807, 2.05) is 11.3 Å². The van der Waals surface area contributed by atoms with Crippen molar-refractivity contribution in [2.45, 2.75) is 45.6 Å². The van der Waals surface area contributed by atoms with Gasteiger partial charge in [-0.25, -0.2) is 0 Å². The summed E-state index contributed by atoms with van der Waals surface area (Å²) in [7, 11) is 0. The van der Waals surface area contributed by atoms with Crippen LogP contribution in [-0.2, 0) is 11.2 Å². The van der Waals surface area contributed by atoms with Gasteiger partial charge in [0, 0.05) is 38.8 Å². The van der Waals surface area contributed by atoms with Gasteiger partial charge in [-0.2, -0.15) is 0 Å². The first-order valence-corrected chi connectivity index (χ1v) is 8.62. The first kappa shape index (κ1) is 15.5. The van der Waals surface area contributed by atoms with Gasteiger partial charge in [-0.15, -0.1) is 11.3 Å². The predicted octanol–water partition coefficient (Wildman–Crippen LogP) is 4.24. The summed E-state index contributed by atoms with van der Waals surface area (Å²) in [6.07, 6.45) is 3.55. The number of ether oxygens (including phenoxy) is 1. The molecule has 0 amide bonds. The lowest BCUT2D eigenvalue weighted by Gasteiger charge is -2.39. The molecule has 0 radical (unpaired) electrons. The Labute approximate surface area is 129 Å². The molecule has 1 aliphatic rings. The van der Waals surface area contributed by atoms with Crippen molar-refractivity contribution < 1.29 is 4.74 Å². The summed E-state index contributed by atoms with van der Waals surface area (Å²) in [4.78, 5) is 1.45. The molecule has 1 unspecified atom stereocenters. The molecule has 1 aromatic rings. The third-order valence-corrected chi connectivity index (χ3v) is 5.27. The van der Waals surface area contributed by atoms with Crippen molar-refractivity contribution >= 4 is 27.3 Å². The van der Waals surface area contributed by atoms with E-state index in [-0.39, 0.29) is 11.0 Å². The second-order valence-electron chi connectivity index (χ2n) is 6.67. The molecule has 2 heterocycles. The lowest BCUT2D eigenvalue weighted by atomic mass is 9.78. The van der Waals surface area contributed by atoms with E-state index < -0.39 is 0 Å². The summed E-state index contributed by atoms with van der Waals surface area (Å²) < 4.78 is 6.98. The number of halogens is 1. The largest absolute Gasteiger partial charge is 0.381 e. The topological polar surface area (TPSA) is 21.3 Å². The summed E-state index contributed by atoms with van der Waals surface area (Å²) in [5.41, 5.74) is 0.427. The number of hydrogen-bond acceptors (Lipinski definition) is 3. The number of nitrogens with one attached hydrogen (secondary N) is 1. The summed E-state index contributed by atoms with van der Waals surface area (Å²) in [6, 6.07) is 2.25. The van der Waals surface area contributed by atoms with Gasteiger partial charge >= 0.3 is 0 Å². The van der Waals surface area contributed by atoms with Gasteiger partial charge in [-0.1, -0.05) is 0 Å². The number of rotatable bonds is 4. The Balaban J connectivity index is 2.05. The molecule has 0 aliphatic carbocycles. The monoisotopic (exact) mass is 345 g/mol. The Morgan fingerprint density at radius 1 is 1.47 bits per heavy atom. The molecule has 1 fully saturated rings. The van der Waals surface area contributed by atoms with Crippen molar-refractivity contribution in [1.29, 1.82) is 0 Å². The molecule has 2 nitrogen and oxygen atoms in total. The molecule has 0 saturated carbocycles. The van der Waals surface area contributed by atoms with Crippen molar-refractivity contribution in [3.05, 3.63) is 20.8 Å². The fraction of sp³-hybridized carbons (Fsp3) is 0.733. The van der Waals surface area contributed by atoms with Crippen LogP contribution >= 0.6 is 27.3 Å². The summed E-state index contributed by atoms with van der Waals surface area (Å²) in [5, 5.41) is 5.84. The molecule has 1 atom stereocenters. The Hall–Kier alpha value is 0.1000. The molecule has 1 aromatic heterocycles. The molecular formula is C15H24BrNOS. The lowest BCUT2D eigenvalue weighted by Crippen LogP contribution is -2.48. The molecule has 1 N–H and O–H groups in total. The van der Waals surface area contributed by atoms with Gasteiger partial charge in [0.1, 0.15) is 0 Å². The van der Waals surface area contributed by atoms with Crippen LogP contribution in [0, 0.1) is 5.41 Å². The highest BCUT2D eigenvalue weighted by atomic mass is 79.9. The van der Waals surface area contributed by atoms with Crippen LogP contribution in [0.1, 0.15) is 38.5 Å². The van der Waals surface area contributed by atoms with Crippen LogP contribution in [0.2, 0.25) is 0 Å². The van der Waals surface area contributed by atoms with Crippen molar-refractivity contribution in [3.63, 3.8) is 0 Å². The van der Waals surface area contributed by atoms with E-state index in [2.05, 4.69) is 53.5 Å². The van der Waals surface area contributed by atoms with Gasteiger partial charge in [0.15, 0.2) is 0 Å². The second-order valence-corrected chi connectivity index (χ2v) is 8.58. The third-order valence-electron chi connectivity index (χ3n) is 3.57. The fourth-order valence-electron chi connectivity index (χ4n) is 2.52. The maximum absolute atomic E-state index is 5.78. The van der Waals surface area contributed by atoms with Crippen LogP contribution in [0.3, 0.4) is 0 Å². The Morgan fingerprint density at radius 2 is 2.26 bits per heavy atom. The standard InChI is InChI=1S/C15H24BrNOS/c1-14(2,3)17-10-15(5-4-6-18-11-15)8-13-7-12(16)9-19-13/h7,9,17H,4-6,8,10-11H2,1-3H3. The molecule has 19 heavy (non-hydrogen) atoms. The summed E-state index contributed by atoms with van der Waals surface area (Å²) in [6.45, 7) is 9.52. The Morgan fingerprint density at radius 3 is 2.79 bits per heavy atom. The van der Waals surface area contributed by atoms with Crippen LogP contribution in [0.25, 0.3) is 0 Å². The normalized spacial score (nSPS) is 24.6. The predicted molar refractivity (Wildman–Crippen MR) is 86.0 cm³/mol. The van der Waals surface area contributed by atoms with Crippen molar-refractivity contribution in [2.75, 3.05) is 19.8 Å². The zero-order valence-electron chi connectivity index (χ0n) is 12.1. The highest BCUT2D eigenvalue weighted by Crippen LogP contribution is 2.35. The first-order chi connectivity index (χ1) is 8.89. The molecular weight excluding hydrogens is 322 g/mol. The zero-order valence-corrected chi connectivity index (χ0v) is 14.5. The van der Waals surface area contributed by atoms with Gasteiger partial charge in [0.2, 0.25) is 0 Å². The minimum Gasteiger partial charge on any atom is -0.381 e. The highest BCUT2D eigenvalue weighted by Gasteiger charge is 2.34. The minimum atomic E-state index is 0.167. The molecule has 4 heteroatoms. The molecule has 0 spiro atoms. The maximum Gasteiger partial charge on any atom is 0.0538 e. The van der Waals surface area contributed by atoms with Crippen LogP contribution in [0.15, 0.2) is 15.9 Å². The van der Waals surface area contributed by atoms with Crippen molar-refractivity contribution in [3.8, 4) is 0 Å². The van der Waals surface area contributed by atoms with E-state index in [9.17, 15) is 0 Å². The Kier molecular flexibility index (Phi) is 5.09. The van der Waals surface area contributed by atoms with Gasteiger partial charge in [-0.05, 0) is 62.0 Å². The lowest BCUT2D eigenvalue weighted by molar-refractivity contribution is -0.00952.